The Labute approximate surface area is 121 Å². The Kier molecular flexibility index (Phi) is 4.16. The van der Waals surface area contributed by atoms with Crippen molar-refractivity contribution in [1.29, 1.82) is 5.26 Å². The van der Waals surface area contributed by atoms with Crippen molar-refractivity contribution < 1.29 is 4.74 Å². The van der Waals surface area contributed by atoms with Crippen LogP contribution >= 0.6 is 23.2 Å². The van der Waals surface area contributed by atoms with E-state index < -0.39 is 0 Å². The molecule has 0 bridgehead atoms. The van der Waals surface area contributed by atoms with Crippen molar-refractivity contribution in [3.05, 3.63) is 57.6 Å². The van der Waals surface area contributed by atoms with Gasteiger partial charge in [0.2, 0.25) is 0 Å². The second kappa shape index (κ2) is 5.83. The molecule has 0 heterocycles. The van der Waals surface area contributed by atoms with E-state index in [0.717, 1.165) is 5.56 Å². The second-order valence-corrected chi connectivity index (χ2v) is 4.73. The smallest absolute Gasteiger partial charge is 0.157 e. The first-order chi connectivity index (χ1) is 9.10. The maximum absolute atomic E-state index is 8.71. The molecular weight excluding hydrogens is 283 g/mol. The average Bonchev–Trinajstić information content (AvgIpc) is 2.38. The third-order valence-corrected chi connectivity index (χ3v) is 3.05. The van der Waals surface area contributed by atoms with Gasteiger partial charge in [0.15, 0.2) is 5.75 Å². The van der Waals surface area contributed by atoms with Crippen LogP contribution in [0, 0.1) is 11.3 Å². The van der Waals surface area contributed by atoms with Crippen LogP contribution in [0.5, 0.6) is 5.75 Å². The molecule has 0 fully saturated rings. The van der Waals surface area contributed by atoms with Crippen molar-refractivity contribution in [3.8, 4) is 11.8 Å². The topological polar surface area (TPSA) is 59.0 Å². The van der Waals surface area contributed by atoms with Crippen LogP contribution in [0.3, 0.4) is 0 Å². The van der Waals surface area contributed by atoms with Crippen LogP contribution in [0.1, 0.15) is 11.1 Å². The summed E-state index contributed by atoms with van der Waals surface area (Å²) in [5.74, 6) is 0.405. The number of nitriles is 1. The van der Waals surface area contributed by atoms with Crippen molar-refractivity contribution in [3.63, 3.8) is 0 Å². The lowest BCUT2D eigenvalue weighted by Crippen LogP contribution is -1.97. The second-order valence-electron chi connectivity index (χ2n) is 3.91. The first-order valence-corrected chi connectivity index (χ1v) is 6.22. The summed E-state index contributed by atoms with van der Waals surface area (Å²) in [6, 6.07) is 12.3. The summed E-state index contributed by atoms with van der Waals surface area (Å²) >= 11 is 12.0. The molecule has 0 radical (unpaired) electrons. The molecule has 0 aliphatic rings. The Morgan fingerprint density at radius 1 is 1.11 bits per heavy atom. The highest BCUT2D eigenvalue weighted by molar-refractivity contribution is 6.37. The molecule has 0 atom stereocenters. The van der Waals surface area contributed by atoms with E-state index in [2.05, 4.69) is 6.07 Å². The average molecular weight is 293 g/mol. The minimum Gasteiger partial charge on any atom is -0.486 e. The zero-order chi connectivity index (χ0) is 13.8. The Hall–Kier alpha value is -1.89. The van der Waals surface area contributed by atoms with Gasteiger partial charge in [0.25, 0.3) is 0 Å². The van der Waals surface area contributed by atoms with Gasteiger partial charge in [-0.1, -0.05) is 35.3 Å². The number of ether oxygens (including phenoxy) is 1. The molecule has 0 saturated heterocycles. The molecule has 0 unspecified atom stereocenters. The Morgan fingerprint density at radius 3 is 2.21 bits per heavy atom. The highest BCUT2D eigenvalue weighted by atomic mass is 35.5. The molecule has 0 aliphatic heterocycles. The molecule has 5 heteroatoms. The van der Waals surface area contributed by atoms with Crippen LogP contribution in [0.2, 0.25) is 10.0 Å². The molecule has 2 rings (SSSR count). The van der Waals surface area contributed by atoms with E-state index in [1.807, 2.05) is 12.1 Å². The molecule has 0 aliphatic carbocycles. The number of nitrogen functional groups attached to an aromatic ring is 1. The zero-order valence-corrected chi connectivity index (χ0v) is 11.4. The van der Waals surface area contributed by atoms with E-state index in [9.17, 15) is 0 Å². The van der Waals surface area contributed by atoms with Crippen LogP contribution in [0.15, 0.2) is 36.4 Å². The highest BCUT2D eigenvalue weighted by Gasteiger charge is 2.09. The van der Waals surface area contributed by atoms with Crippen LogP contribution in [-0.2, 0) is 6.61 Å². The van der Waals surface area contributed by atoms with E-state index in [1.165, 1.54) is 0 Å². The van der Waals surface area contributed by atoms with Crippen molar-refractivity contribution in [2.45, 2.75) is 6.61 Å². The van der Waals surface area contributed by atoms with Gasteiger partial charge in [0.1, 0.15) is 6.61 Å². The van der Waals surface area contributed by atoms with Gasteiger partial charge in [-0.25, -0.2) is 0 Å². The van der Waals surface area contributed by atoms with Gasteiger partial charge in [-0.2, -0.15) is 5.26 Å². The summed E-state index contributed by atoms with van der Waals surface area (Å²) in [5.41, 5.74) is 7.62. The SMILES string of the molecule is N#Cc1ccc(COc2c(Cl)cc(N)cc2Cl)cc1. The van der Waals surface area contributed by atoms with E-state index in [-0.39, 0.29) is 0 Å². The number of nitrogens with two attached hydrogens (primary N) is 1. The van der Waals surface area contributed by atoms with Crippen molar-refractivity contribution in [1.82, 2.24) is 0 Å². The van der Waals surface area contributed by atoms with Gasteiger partial charge in [0.05, 0.1) is 21.7 Å². The zero-order valence-electron chi connectivity index (χ0n) is 9.86. The number of rotatable bonds is 3. The molecule has 19 heavy (non-hydrogen) atoms. The lowest BCUT2D eigenvalue weighted by Gasteiger charge is -2.10. The Balaban J connectivity index is 2.12. The molecule has 0 amide bonds. The number of hydrogen-bond donors (Lipinski definition) is 1. The maximum Gasteiger partial charge on any atom is 0.157 e. The number of nitrogens with zero attached hydrogens (tertiary/aromatic N) is 1. The van der Waals surface area contributed by atoms with Crippen molar-refractivity contribution in [2.24, 2.45) is 0 Å². The lowest BCUT2D eigenvalue weighted by molar-refractivity contribution is 0.306. The van der Waals surface area contributed by atoms with Gasteiger partial charge < -0.3 is 10.5 Å². The molecule has 2 aromatic rings. The molecule has 2 N–H and O–H groups in total. The summed E-state index contributed by atoms with van der Waals surface area (Å²) in [4.78, 5) is 0. The van der Waals surface area contributed by atoms with Gasteiger partial charge in [-0.15, -0.1) is 0 Å². The van der Waals surface area contributed by atoms with E-state index in [0.29, 0.717) is 33.7 Å². The molecular formula is C14H10Cl2N2O. The summed E-state index contributed by atoms with van der Waals surface area (Å²) in [6.45, 7) is 0.315. The summed E-state index contributed by atoms with van der Waals surface area (Å²) < 4.78 is 5.58. The van der Waals surface area contributed by atoms with E-state index in [1.54, 1.807) is 24.3 Å². The number of halogens is 2. The number of hydrogen-bond acceptors (Lipinski definition) is 3. The van der Waals surface area contributed by atoms with E-state index in [4.69, 9.17) is 38.9 Å². The molecule has 3 nitrogen and oxygen atoms in total. The largest absolute Gasteiger partial charge is 0.486 e. The van der Waals surface area contributed by atoms with Gasteiger partial charge in [-0.3, -0.25) is 0 Å². The van der Waals surface area contributed by atoms with Gasteiger partial charge >= 0.3 is 0 Å². The van der Waals surface area contributed by atoms with Crippen LogP contribution < -0.4 is 10.5 Å². The number of anilines is 1. The van der Waals surface area contributed by atoms with Crippen molar-refractivity contribution >= 4 is 28.9 Å². The number of benzene rings is 2. The third kappa shape index (κ3) is 3.31. The molecule has 0 aromatic heterocycles. The van der Waals surface area contributed by atoms with Gasteiger partial charge in [-0.05, 0) is 29.8 Å². The first-order valence-electron chi connectivity index (χ1n) is 5.46. The molecule has 0 spiro atoms. The lowest BCUT2D eigenvalue weighted by atomic mass is 10.1. The fourth-order valence-electron chi connectivity index (χ4n) is 1.55. The first kappa shape index (κ1) is 13.5. The fourth-order valence-corrected chi connectivity index (χ4v) is 2.16. The monoisotopic (exact) mass is 292 g/mol. The van der Waals surface area contributed by atoms with Crippen LogP contribution in [0.4, 0.5) is 5.69 Å². The molecule has 2 aromatic carbocycles. The quantitative estimate of drug-likeness (QED) is 0.869. The minimum absolute atomic E-state index is 0.315. The van der Waals surface area contributed by atoms with Crippen LogP contribution in [-0.4, -0.2) is 0 Å². The van der Waals surface area contributed by atoms with Gasteiger partial charge in [0, 0.05) is 5.69 Å². The highest BCUT2D eigenvalue weighted by Crippen LogP contribution is 2.35. The predicted octanol–water partition coefficient (Wildman–Crippen LogP) is 4.03. The van der Waals surface area contributed by atoms with E-state index >= 15 is 0 Å². The third-order valence-electron chi connectivity index (χ3n) is 2.49. The summed E-state index contributed by atoms with van der Waals surface area (Å²) in [5, 5.41) is 9.45. The van der Waals surface area contributed by atoms with Crippen LogP contribution in [0.25, 0.3) is 0 Å². The Morgan fingerprint density at radius 2 is 1.68 bits per heavy atom. The summed E-state index contributed by atoms with van der Waals surface area (Å²) in [7, 11) is 0. The maximum atomic E-state index is 8.71. The summed E-state index contributed by atoms with van der Waals surface area (Å²) in [6.07, 6.45) is 0. The molecule has 96 valence electrons. The normalized spacial score (nSPS) is 9.95. The Bertz CT molecular complexity index is 610. The molecule has 0 saturated carbocycles. The minimum atomic E-state index is 0.315. The van der Waals surface area contributed by atoms with Crippen molar-refractivity contribution in [2.75, 3.05) is 5.73 Å². The fraction of sp³-hybridized carbons (Fsp3) is 0.0714. The standard InChI is InChI=1S/C14H10Cl2N2O/c15-12-5-11(18)6-13(16)14(12)19-8-10-3-1-9(7-17)2-4-10/h1-6H,8,18H2. The predicted molar refractivity (Wildman–Crippen MR) is 76.4 cm³/mol.